The molecule has 7 heteroatoms. The highest BCUT2D eigenvalue weighted by Crippen LogP contribution is 2.33. The summed E-state index contributed by atoms with van der Waals surface area (Å²) in [7, 11) is 0. The van der Waals surface area contributed by atoms with Crippen molar-refractivity contribution >= 4 is 23.5 Å². The highest BCUT2D eigenvalue weighted by Gasteiger charge is 2.37. The van der Waals surface area contributed by atoms with Crippen LogP contribution in [0.1, 0.15) is 20.3 Å². The minimum Gasteiger partial charge on any atom is -0.492 e. The van der Waals surface area contributed by atoms with Crippen LogP contribution in [0.5, 0.6) is 5.75 Å². The molecule has 0 aromatic heterocycles. The molecule has 1 aromatic rings. The van der Waals surface area contributed by atoms with Crippen LogP contribution in [0.15, 0.2) is 24.3 Å². The molecule has 0 aliphatic carbocycles. The molecule has 124 valence electrons. The van der Waals surface area contributed by atoms with Crippen LogP contribution in [-0.4, -0.2) is 42.1 Å². The lowest BCUT2D eigenvalue weighted by atomic mass is 10.1. The van der Waals surface area contributed by atoms with Gasteiger partial charge in [-0.15, -0.1) is 0 Å². The molecule has 0 saturated carbocycles. The van der Waals surface area contributed by atoms with Crippen molar-refractivity contribution in [2.24, 2.45) is 5.92 Å². The minimum atomic E-state index is -1.11. The first-order valence-corrected chi connectivity index (χ1v) is 7.49. The van der Waals surface area contributed by atoms with Crippen molar-refractivity contribution in [2.45, 2.75) is 26.3 Å². The number of hydrogen-bond acceptors (Lipinski definition) is 4. The molecule has 0 bridgehead atoms. The van der Waals surface area contributed by atoms with Gasteiger partial charge in [-0.1, -0.05) is 12.1 Å². The van der Waals surface area contributed by atoms with Gasteiger partial charge in [0.05, 0.1) is 18.2 Å². The van der Waals surface area contributed by atoms with Crippen LogP contribution in [0.3, 0.4) is 0 Å². The monoisotopic (exact) mass is 320 g/mol. The Morgan fingerprint density at radius 2 is 2.13 bits per heavy atom. The quantitative estimate of drug-likeness (QED) is 0.816. The van der Waals surface area contributed by atoms with E-state index < -0.39 is 23.8 Å². The first-order valence-electron chi connectivity index (χ1n) is 7.49. The topological polar surface area (TPSA) is 95.9 Å². The van der Waals surface area contributed by atoms with E-state index in [-0.39, 0.29) is 18.9 Å². The van der Waals surface area contributed by atoms with Gasteiger partial charge in [0.15, 0.2) is 0 Å². The second-order valence-corrected chi connectivity index (χ2v) is 5.37. The second-order valence-electron chi connectivity index (χ2n) is 5.37. The average Bonchev–Trinajstić information content (AvgIpc) is 2.90. The van der Waals surface area contributed by atoms with Gasteiger partial charge in [-0.3, -0.25) is 14.4 Å². The van der Waals surface area contributed by atoms with Crippen molar-refractivity contribution in [3.8, 4) is 5.75 Å². The Labute approximate surface area is 134 Å². The van der Waals surface area contributed by atoms with E-state index in [1.54, 1.807) is 18.2 Å². The number of carboxylic acids is 1. The number of nitrogens with zero attached hydrogens (tertiary/aromatic N) is 1. The third-order valence-electron chi connectivity index (χ3n) is 3.68. The number of aliphatic carboxylic acids is 1. The number of nitrogens with one attached hydrogen (secondary N) is 1. The highest BCUT2D eigenvalue weighted by atomic mass is 16.5. The third kappa shape index (κ3) is 3.80. The zero-order valence-electron chi connectivity index (χ0n) is 13.1. The number of rotatable bonds is 6. The number of carbonyl (C=O) groups is 3. The van der Waals surface area contributed by atoms with Gasteiger partial charge >= 0.3 is 5.97 Å². The molecular weight excluding hydrogens is 300 g/mol. The zero-order valence-corrected chi connectivity index (χ0v) is 13.1. The minimum absolute atomic E-state index is 0.0542. The Morgan fingerprint density at radius 1 is 1.43 bits per heavy atom. The summed E-state index contributed by atoms with van der Waals surface area (Å²) in [6.07, 6.45) is 0.0542. The highest BCUT2D eigenvalue weighted by molar-refractivity contribution is 6.01. The molecule has 1 saturated heterocycles. The number of carboxylic acid groups (broad SMARTS) is 1. The Morgan fingerprint density at radius 3 is 2.78 bits per heavy atom. The third-order valence-corrected chi connectivity index (χ3v) is 3.68. The zero-order chi connectivity index (χ0) is 17.0. The molecule has 0 radical (unpaired) electrons. The summed E-state index contributed by atoms with van der Waals surface area (Å²) >= 11 is 0. The van der Waals surface area contributed by atoms with E-state index in [2.05, 4.69) is 5.32 Å². The van der Waals surface area contributed by atoms with Crippen LogP contribution in [-0.2, 0) is 14.4 Å². The summed E-state index contributed by atoms with van der Waals surface area (Å²) in [5.41, 5.74) is 0.626. The van der Waals surface area contributed by atoms with Gasteiger partial charge < -0.3 is 20.1 Å². The maximum atomic E-state index is 12.2. The van der Waals surface area contributed by atoms with Crippen LogP contribution in [0.4, 0.5) is 5.69 Å². The molecule has 1 fully saturated rings. The molecule has 1 aromatic carbocycles. The number of amides is 2. The van der Waals surface area contributed by atoms with Crippen LogP contribution in [0, 0.1) is 5.92 Å². The molecule has 0 spiro atoms. The van der Waals surface area contributed by atoms with E-state index in [4.69, 9.17) is 9.84 Å². The summed E-state index contributed by atoms with van der Waals surface area (Å²) in [4.78, 5) is 36.7. The fourth-order valence-electron chi connectivity index (χ4n) is 2.47. The Balaban J connectivity index is 2.11. The molecular formula is C16H20N2O5. The first-order chi connectivity index (χ1) is 10.9. The standard InChI is InChI=1S/C16H20N2O5/c1-3-23-13-7-5-4-6-12(13)18-9-11(8-14(18)19)15(20)17-10(2)16(21)22/h4-7,10-11H,3,8-9H2,1-2H3,(H,17,20)(H,21,22)/t10-,11-/m0/s1. The largest absolute Gasteiger partial charge is 0.492 e. The van der Waals surface area contributed by atoms with Crippen molar-refractivity contribution in [3.63, 3.8) is 0 Å². The molecule has 1 heterocycles. The van der Waals surface area contributed by atoms with E-state index in [0.717, 1.165) is 0 Å². The maximum absolute atomic E-state index is 12.2. The molecule has 2 rings (SSSR count). The molecule has 2 N–H and O–H groups in total. The number of hydrogen-bond donors (Lipinski definition) is 2. The van der Waals surface area contributed by atoms with E-state index in [0.29, 0.717) is 18.0 Å². The lowest BCUT2D eigenvalue weighted by Crippen LogP contribution is -2.42. The number of carbonyl (C=O) groups excluding carboxylic acids is 2. The number of para-hydroxylation sites is 2. The smallest absolute Gasteiger partial charge is 0.325 e. The number of benzene rings is 1. The van der Waals surface area contributed by atoms with Gasteiger partial charge in [0.25, 0.3) is 0 Å². The van der Waals surface area contributed by atoms with E-state index >= 15 is 0 Å². The molecule has 2 amide bonds. The predicted molar refractivity (Wildman–Crippen MR) is 83.3 cm³/mol. The fraction of sp³-hybridized carbons (Fsp3) is 0.438. The fourth-order valence-corrected chi connectivity index (χ4v) is 2.47. The summed E-state index contributed by atoms with van der Waals surface area (Å²) < 4.78 is 5.52. The van der Waals surface area contributed by atoms with Crippen molar-refractivity contribution in [2.75, 3.05) is 18.1 Å². The van der Waals surface area contributed by atoms with Gasteiger partial charge in [-0.2, -0.15) is 0 Å². The van der Waals surface area contributed by atoms with Gasteiger partial charge in [-0.25, -0.2) is 0 Å². The van der Waals surface area contributed by atoms with E-state index in [1.165, 1.54) is 11.8 Å². The SMILES string of the molecule is CCOc1ccccc1N1C[C@@H](C(=O)N[C@@H](C)C(=O)O)CC1=O. The lowest BCUT2D eigenvalue weighted by Gasteiger charge is -2.20. The lowest BCUT2D eigenvalue weighted by molar-refractivity contribution is -0.141. The second kappa shape index (κ2) is 7.13. The van der Waals surface area contributed by atoms with Gasteiger partial charge in [0.1, 0.15) is 11.8 Å². The molecule has 1 aliphatic rings. The van der Waals surface area contributed by atoms with Crippen LogP contribution in [0.2, 0.25) is 0 Å². The van der Waals surface area contributed by atoms with Crippen LogP contribution in [0.25, 0.3) is 0 Å². The number of ether oxygens (including phenoxy) is 1. The Hall–Kier alpha value is -2.57. The van der Waals surface area contributed by atoms with Gasteiger partial charge in [-0.05, 0) is 26.0 Å². The van der Waals surface area contributed by atoms with Gasteiger partial charge in [0, 0.05) is 13.0 Å². The van der Waals surface area contributed by atoms with Crippen molar-refractivity contribution in [3.05, 3.63) is 24.3 Å². The molecule has 23 heavy (non-hydrogen) atoms. The number of anilines is 1. The van der Waals surface area contributed by atoms with E-state index in [1.807, 2.05) is 13.0 Å². The average molecular weight is 320 g/mol. The molecule has 1 aliphatic heterocycles. The Bertz CT molecular complexity index is 616. The summed E-state index contributed by atoms with van der Waals surface area (Å²) in [5, 5.41) is 11.2. The Kier molecular flexibility index (Phi) is 5.20. The summed E-state index contributed by atoms with van der Waals surface area (Å²) in [5.74, 6) is -1.70. The van der Waals surface area contributed by atoms with Crippen molar-refractivity contribution in [1.82, 2.24) is 5.32 Å². The van der Waals surface area contributed by atoms with Gasteiger partial charge in [0.2, 0.25) is 11.8 Å². The van der Waals surface area contributed by atoms with E-state index in [9.17, 15) is 14.4 Å². The van der Waals surface area contributed by atoms with Crippen molar-refractivity contribution in [1.29, 1.82) is 0 Å². The summed E-state index contributed by atoms with van der Waals surface area (Å²) in [6.45, 7) is 3.92. The van der Waals surface area contributed by atoms with Crippen LogP contribution < -0.4 is 15.0 Å². The molecule has 0 unspecified atom stereocenters. The predicted octanol–water partition coefficient (Wildman–Crippen LogP) is 1.03. The van der Waals surface area contributed by atoms with Crippen LogP contribution >= 0.6 is 0 Å². The molecule has 2 atom stereocenters. The first kappa shape index (κ1) is 16.8. The molecule has 7 nitrogen and oxygen atoms in total. The summed E-state index contributed by atoms with van der Waals surface area (Å²) in [6, 6.07) is 6.16. The normalized spacial score (nSPS) is 18.6. The van der Waals surface area contributed by atoms with Crippen molar-refractivity contribution < 1.29 is 24.2 Å². The maximum Gasteiger partial charge on any atom is 0.325 e.